The van der Waals surface area contributed by atoms with Crippen LogP contribution in [0.25, 0.3) is 43.1 Å². The van der Waals surface area contributed by atoms with Gasteiger partial charge in [0.1, 0.15) is 69.7 Å². The van der Waals surface area contributed by atoms with Crippen LogP contribution in [0.3, 0.4) is 0 Å². The molecule has 116 heavy (non-hydrogen) atoms. The van der Waals surface area contributed by atoms with Crippen molar-refractivity contribution in [2.75, 3.05) is 53.3 Å². The van der Waals surface area contributed by atoms with Gasteiger partial charge in [0.15, 0.2) is 0 Å². The molecule has 2 N–H and O–H groups in total. The summed E-state index contributed by atoms with van der Waals surface area (Å²) in [6.45, 7) is 29.0. The van der Waals surface area contributed by atoms with E-state index in [0.29, 0.717) is 47.0 Å². The summed E-state index contributed by atoms with van der Waals surface area (Å²) in [5.74, 6) is -2.68. The Morgan fingerprint density at radius 3 is 0.810 bits per heavy atom. The largest absolute Gasteiger partial charge is 0.504 e. The SMILES string of the molecule is CCCC(C(=O)Nc1cc(C[Si](OC)(OC)OC)ccn1)N1C(=O)c2cc(Oc3ccc(C(C)(C)C)cc3)c3c4c(Oc5ccc(C(C)(C)C)cc5)cc5c6c(cc(Oc7ccc(C(C)(C)C)cc7)c(c7c(Oc8ccc(C(C)(C)C)cc8)cc(c2c37)C1=O)c64)C(=O)N(C(CCC)C(=O)Nc1cc(C[Si](OC)(OC)OC)ccn1)C5=O. The molecule has 4 heterocycles. The molecular formula is C92H102N6O16Si2. The Balaban J connectivity index is 1.14. The number of nitrogens with zero attached hydrogens (tertiary/aromatic N) is 4. The van der Waals surface area contributed by atoms with Gasteiger partial charge in [-0.05, 0) is 165 Å². The smallest absolute Gasteiger partial charge is 0.457 e. The van der Waals surface area contributed by atoms with E-state index in [4.69, 9.17) is 45.5 Å². The van der Waals surface area contributed by atoms with Crippen LogP contribution in [0.5, 0.6) is 46.0 Å². The Labute approximate surface area is 679 Å². The van der Waals surface area contributed by atoms with Crippen LogP contribution in [-0.4, -0.2) is 128 Å². The summed E-state index contributed by atoms with van der Waals surface area (Å²) in [5, 5.41) is 7.88. The summed E-state index contributed by atoms with van der Waals surface area (Å²) in [6.07, 6.45) is 3.82. The standard InChI is InChI=1S/C92H102N6O16Si2/c1-21-23-67(83(99)95-73-45-53(41-43-93-73)51-115(105-15,106-16)107-17)97-85(101)63-47-69(111-59-33-25-55(26-34-59)89(3,4)5)77-79-71(113-61-37-29-57(30-38-61)91(9,10)11)49-65-76-66(88(104)98(87(65)103)68(24-22-2)84(100)96-74-46-54(42-44-94-74)52-116(108-18,109-19)110-20)50-72(114-62-39-31-58(32-40-62)92(12,13)14)80(82(76)79)78-70(48-64(86(97)102)75(63)81(77)78)112-60-35-27-56(28-36-60)90(6,7)8/h25-50,67-68H,21-24,51-52H2,1-20H3,(H,93,95,99)(H,94,96,100). The van der Waals surface area contributed by atoms with Crippen molar-refractivity contribution in [1.82, 2.24) is 19.8 Å². The fourth-order valence-electron chi connectivity index (χ4n) is 15.5. The van der Waals surface area contributed by atoms with Crippen molar-refractivity contribution in [2.24, 2.45) is 0 Å². The number of carbonyl (C=O) groups is 6. The van der Waals surface area contributed by atoms with Crippen LogP contribution in [0, 0.1) is 0 Å². The van der Waals surface area contributed by atoms with Crippen molar-refractivity contribution < 1.29 is 74.3 Å². The number of fused-ring (bicyclic) bond motifs is 2. The van der Waals surface area contributed by atoms with Gasteiger partial charge in [0.05, 0.1) is 22.3 Å². The maximum absolute atomic E-state index is 16.6. The molecule has 2 unspecified atom stereocenters. The van der Waals surface area contributed by atoms with Gasteiger partial charge in [0, 0.05) is 110 Å². The summed E-state index contributed by atoms with van der Waals surface area (Å²) in [5.41, 5.74) is 4.19. The molecule has 0 aliphatic carbocycles. The Morgan fingerprint density at radius 2 is 0.595 bits per heavy atom. The number of amides is 6. The van der Waals surface area contributed by atoms with Gasteiger partial charge in [0.25, 0.3) is 23.6 Å². The Kier molecular flexibility index (Phi) is 23.2. The number of aromatic nitrogens is 2. The van der Waals surface area contributed by atoms with Gasteiger partial charge >= 0.3 is 17.6 Å². The van der Waals surface area contributed by atoms with Crippen molar-refractivity contribution >= 4 is 108 Å². The predicted molar refractivity (Wildman–Crippen MR) is 454 cm³/mol. The maximum Gasteiger partial charge on any atom is 0.504 e. The summed E-state index contributed by atoms with van der Waals surface area (Å²) in [4.78, 5) is 108. The van der Waals surface area contributed by atoms with E-state index in [9.17, 15) is 0 Å². The average Bonchev–Trinajstić information content (AvgIpc) is 0.670. The van der Waals surface area contributed by atoms with Gasteiger partial charge in [0.2, 0.25) is 11.8 Å². The molecule has 0 spiro atoms. The van der Waals surface area contributed by atoms with Gasteiger partial charge in [-0.3, -0.25) is 38.6 Å². The minimum Gasteiger partial charge on any atom is -0.457 e. The second-order valence-corrected chi connectivity index (χ2v) is 39.7. The number of imide groups is 2. The number of anilines is 2. The van der Waals surface area contributed by atoms with Crippen LogP contribution in [0.2, 0.25) is 0 Å². The first kappa shape index (κ1) is 83.2. The summed E-state index contributed by atoms with van der Waals surface area (Å²) in [6, 6.07) is 41.3. The molecule has 0 saturated heterocycles. The third kappa shape index (κ3) is 16.0. The topological polar surface area (TPSA) is 251 Å². The lowest BCUT2D eigenvalue weighted by atomic mass is 9.80. The molecular weight excluding hydrogens is 1500 g/mol. The Hall–Kier alpha value is -10.8. The number of hydrogen-bond donors (Lipinski definition) is 2. The number of ether oxygens (including phenoxy) is 4. The number of pyridine rings is 2. The zero-order valence-corrected chi connectivity index (χ0v) is 71.7. The van der Waals surface area contributed by atoms with E-state index in [1.165, 1.54) is 55.1 Å². The van der Waals surface area contributed by atoms with Crippen molar-refractivity contribution in [3.63, 3.8) is 0 Å². The first-order chi connectivity index (χ1) is 55.0. The minimum atomic E-state index is -3.20. The van der Waals surface area contributed by atoms with Crippen molar-refractivity contribution in [1.29, 1.82) is 0 Å². The molecule has 2 aliphatic heterocycles. The van der Waals surface area contributed by atoms with E-state index in [1.54, 1.807) is 48.5 Å². The Bertz CT molecular complexity index is 5020. The first-order valence-corrected chi connectivity index (χ1v) is 43.0. The van der Waals surface area contributed by atoms with Crippen molar-refractivity contribution in [2.45, 2.75) is 168 Å². The summed E-state index contributed by atoms with van der Waals surface area (Å²) in [7, 11) is 2.67. The quantitative estimate of drug-likeness (QED) is 0.0200. The molecule has 6 amide bonds. The zero-order valence-electron chi connectivity index (χ0n) is 69.7. The van der Waals surface area contributed by atoms with Crippen LogP contribution < -0.4 is 29.6 Å². The monoisotopic (exact) mass is 1600 g/mol. The van der Waals surface area contributed by atoms with E-state index in [0.717, 1.165) is 32.1 Å². The lowest BCUT2D eigenvalue weighted by molar-refractivity contribution is -0.120. The molecule has 0 radical (unpaired) electrons. The molecule has 0 saturated carbocycles. The zero-order chi connectivity index (χ0) is 83.5. The third-order valence-corrected chi connectivity index (χ3v) is 27.4. The highest BCUT2D eigenvalue weighted by Crippen LogP contribution is 2.59. The molecule has 24 heteroatoms. The molecule has 0 fully saturated rings. The van der Waals surface area contributed by atoms with Crippen LogP contribution in [0.4, 0.5) is 11.6 Å². The third-order valence-electron chi connectivity index (χ3n) is 22.0. The molecule has 11 aromatic rings. The highest BCUT2D eigenvalue weighted by molar-refractivity contribution is 6.60. The Morgan fingerprint density at radius 1 is 0.353 bits per heavy atom. The van der Waals surface area contributed by atoms with E-state index in [1.807, 2.05) is 111 Å². The predicted octanol–water partition coefficient (Wildman–Crippen LogP) is 19.6. The number of hydrogen-bond acceptors (Lipinski definition) is 18. The fraction of sp³-hybridized carbons (Fsp3) is 0.348. The van der Waals surface area contributed by atoms with E-state index in [2.05, 4.69) is 104 Å². The molecule has 2 aromatic heterocycles. The lowest BCUT2D eigenvalue weighted by Gasteiger charge is -2.35. The van der Waals surface area contributed by atoms with E-state index < -0.39 is 65.1 Å². The van der Waals surface area contributed by atoms with Crippen molar-refractivity contribution in [3.05, 3.63) is 214 Å². The normalized spacial score (nSPS) is 14.1. The maximum atomic E-state index is 16.6. The van der Waals surface area contributed by atoms with Gasteiger partial charge in [-0.15, -0.1) is 0 Å². The van der Waals surface area contributed by atoms with Gasteiger partial charge < -0.3 is 56.1 Å². The molecule has 9 aromatic carbocycles. The van der Waals surface area contributed by atoms with E-state index >= 15 is 28.8 Å². The molecule has 13 rings (SSSR count). The van der Waals surface area contributed by atoms with Gasteiger partial charge in [-0.2, -0.15) is 0 Å². The molecule has 0 bridgehead atoms. The van der Waals surface area contributed by atoms with Crippen LogP contribution >= 0.6 is 0 Å². The highest BCUT2D eigenvalue weighted by atomic mass is 28.4. The number of nitrogens with one attached hydrogen (secondary N) is 2. The van der Waals surface area contributed by atoms with E-state index in [-0.39, 0.29) is 147 Å². The minimum absolute atomic E-state index is 0.0106. The second kappa shape index (κ2) is 32.4. The van der Waals surface area contributed by atoms with Crippen molar-refractivity contribution in [3.8, 4) is 46.0 Å². The fourth-order valence-corrected chi connectivity index (χ4v) is 18.8. The van der Waals surface area contributed by atoms with Crippen LogP contribution in [0.15, 0.2) is 158 Å². The molecule has 2 aliphatic rings. The molecule has 22 nitrogen and oxygen atoms in total. The summed E-state index contributed by atoms with van der Waals surface area (Å²) < 4.78 is 64.1. The number of benzene rings is 9. The average molecular weight is 1600 g/mol. The lowest BCUT2D eigenvalue weighted by Crippen LogP contribution is -2.52. The second-order valence-electron chi connectivity index (χ2n) is 33.8. The van der Waals surface area contributed by atoms with Gasteiger partial charge in [-0.25, -0.2) is 9.97 Å². The number of carbonyl (C=O) groups excluding carboxylic acids is 6. The van der Waals surface area contributed by atoms with Gasteiger partial charge in [-0.1, -0.05) is 158 Å². The number of rotatable bonds is 28. The first-order valence-electron chi connectivity index (χ1n) is 39.1. The van der Waals surface area contributed by atoms with Crippen LogP contribution in [-0.2, 0) is 69.9 Å². The highest BCUT2D eigenvalue weighted by Gasteiger charge is 2.48. The summed E-state index contributed by atoms with van der Waals surface area (Å²) >= 11 is 0. The molecule has 604 valence electrons. The van der Waals surface area contributed by atoms with Crippen LogP contribution in [0.1, 0.15) is 197 Å². The molecule has 2 atom stereocenters.